The van der Waals surface area contributed by atoms with Gasteiger partial charge in [-0.2, -0.15) is 0 Å². The van der Waals surface area contributed by atoms with E-state index in [2.05, 4.69) is 0 Å². The Balaban J connectivity index is 2.32. The van der Waals surface area contributed by atoms with Crippen molar-refractivity contribution >= 4 is 17.5 Å². The summed E-state index contributed by atoms with van der Waals surface area (Å²) in [5.74, 6) is 0.768. The molecule has 1 unspecified atom stereocenters. The van der Waals surface area contributed by atoms with E-state index in [9.17, 15) is 10.1 Å². The fourth-order valence-corrected chi connectivity index (χ4v) is 2.15. The average Bonchev–Trinajstić information content (AvgIpc) is 2.87. The summed E-state index contributed by atoms with van der Waals surface area (Å²) >= 11 is 6.29. The average molecular weight is 282 g/mol. The zero-order valence-corrected chi connectivity index (χ0v) is 11.2. The zero-order chi connectivity index (χ0) is 14.0. The van der Waals surface area contributed by atoms with Crippen LogP contribution in [-0.4, -0.2) is 12.0 Å². The number of alkyl halides is 1. The number of methoxy groups -OCH3 is 1. The van der Waals surface area contributed by atoms with E-state index in [1.54, 1.807) is 13.2 Å². The minimum atomic E-state index is -0.589. The molecule has 0 N–H and O–H groups in total. The topological polar surface area (TPSA) is 65.5 Å². The van der Waals surface area contributed by atoms with Crippen LogP contribution in [0, 0.1) is 17.0 Å². The highest BCUT2D eigenvalue weighted by Gasteiger charge is 2.20. The molecule has 2 rings (SSSR count). The molecule has 2 aromatic rings. The Labute approximate surface area is 114 Å². The first-order valence-corrected chi connectivity index (χ1v) is 5.99. The fraction of sp³-hybridized carbons (Fsp3) is 0.231. The largest absolute Gasteiger partial charge is 0.497 e. The number of nitro groups is 1. The number of aryl methyl sites for hydroxylation is 1. The number of furan rings is 1. The van der Waals surface area contributed by atoms with Gasteiger partial charge in [0.1, 0.15) is 21.8 Å². The van der Waals surface area contributed by atoms with Gasteiger partial charge in [-0.3, -0.25) is 10.1 Å². The molecule has 1 heterocycles. The number of rotatable bonds is 4. The summed E-state index contributed by atoms with van der Waals surface area (Å²) in [7, 11) is 1.59. The highest BCUT2D eigenvalue weighted by molar-refractivity contribution is 6.22. The quantitative estimate of drug-likeness (QED) is 0.485. The highest BCUT2D eigenvalue weighted by Crippen LogP contribution is 2.34. The third-order valence-electron chi connectivity index (χ3n) is 2.79. The first-order valence-electron chi connectivity index (χ1n) is 5.55. The van der Waals surface area contributed by atoms with Crippen molar-refractivity contribution in [3.05, 3.63) is 57.3 Å². The van der Waals surface area contributed by atoms with Crippen molar-refractivity contribution in [1.29, 1.82) is 0 Å². The maximum Gasteiger partial charge on any atom is 0.433 e. The van der Waals surface area contributed by atoms with Gasteiger partial charge in [0.15, 0.2) is 0 Å². The Morgan fingerprint density at radius 3 is 2.63 bits per heavy atom. The third kappa shape index (κ3) is 2.71. The summed E-state index contributed by atoms with van der Waals surface area (Å²) in [6.07, 6.45) is 0. The van der Waals surface area contributed by atoms with E-state index in [-0.39, 0.29) is 5.88 Å². The summed E-state index contributed by atoms with van der Waals surface area (Å²) in [6.45, 7) is 1.89. The molecule has 6 heteroatoms. The van der Waals surface area contributed by atoms with Gasteiger partial charge in [0, 0.05) is 0 Å². The molecule has 1 atom stereocenters. The van der Waals surface area contributed by atoms with Gasteiger partial charge in [-0.05, 0) is 36.2 Å². The van der Waals surface area contributed by atoms with Crippen molar-refractivity contribution in [2.24, 2.45) is 0 Å². The number of hydrogen-bond acceptors (Lipinski definition) is 4. The van der Waals surface area contributed by atoms with Crippen LogP contribution in [0.15, 0.2) is 34.7 Å². The van der Waals surface area contributed by atoms with Crippen LogP contribution in [0.25, 0.3) is 0 Å². The molecule has 19 heavy (non-hydrogen) atoms. The van der Waals surface area contributed by atoms with Gasteiger partial charge in [0.25, 0.3) is 0 Å². The molecule has 5 nitrogen and oxygen atoms in total. The molecule has 0 aliphatic rings. The molecule has 1 aromatic heterocycles. The predicted octanol–water partition coefficient (Wildman–Crippen LogP) is 3.83. The van der Waals surface area contributed by atoms with E-state index in [0.717, 1.165) is 16.9 Å². The van der Waals surface area contributed by atoms with E-state index in [1.807, 2.05) is 19.1 Å². The molecule has 0 aliphatic carbocycles. The number of nitrogens with zero attached hydrogens (tertiary/aromatic N) is 1. The molecular formula is C13H12ClNO4. The predicted molar refractivity (Wildman–Crippen MR) is 70.8 cm³/mol. The molecule has 0 fully saturated rings. The summed E-state index contributed by atoms with van der Waals surface area (Å²) in [5.41, 5.74) is 1.75. The Morgan fingerprint density at radius 2 is 2.11 bits per heavy atom. The molecule has 1 aromatic carbocycles. The van der Waals surface area contributed by atoms with E-state index < -0.39 is 10.3 Å². The van der Waals surface area contributed by atoms with Crippen LogP contribution < -0.4 is 4.74 Å². The maximum atomic E-state index is 10.6. The highest BCUT2D eigenvalue weighted by atomic mass is 35.5. The molecule has 0 saturated heterocycles. The minimum Gasteiger partial charge on any atom is -0.497 e. The Hall–Kier alpha value is -2.01. The van der Waals surface area contributed by atoms with Crippen LogP contribution in [0.5, 0.6) is 5.75 Å². The SMILES string of the molecule is COc1ccc(C(Cl)c2ccc([N+](=O)[O-])o2)c(C)c1. The fourth-order valence-electron chi connectivity index (χ4n) is 1.79. The lowest BCUT2D eigenvalue weighted by atomic mass is 10.0. The lowest BCUT2D eigenvalue weighted by Gasteiger charge is -2.11. The van der Waals surface area contributed by atoms with E-state index in [1.165, 1.54) is 12.1 Å². The van der Waals surface area contributed by atoms with E-state index in [4.69, 9.17) is 20.8 Å². The number of ether oxygens (including phenoxy) is 1. The van der Waals surface area contributed by atoms with Crippen LogP contribution in [0.4, 0.5) is 5.88 Å². The van der Waals surface area contributed by atoms with Crippen molar-refractivity contribution in [2.75, 3.05) is 7.11 Å². The van der Waals surface area contributed by atoms with E-state index >= 15 is 0 Å². The van der Waals surface area contributed by atoms with Gasteiger partial charge in [0.05, 0.1) is 13.2 Å². The smallest absolute Gasteiger partial charge is 0.433 e. The number of benzene rings is 1. The van der Waals surface area contributed by atoms with Gasteiger partial charge in [-0.15, -0.1) is 11.6 Å². The van der Waals surface area contributed by atoms with Crippen molar-refractivity contribution < 1.29 is 14.1 Å². The Bertz CT molecular complexity index is 608. The monoisotopic (exact) mass is 281 g/mol. The first-order chi connectivity index (χ1) is 9.02. The Kier molecular flexibility index (Phi) is 3.76. The second kappa shape index (κ2) is 5.32. The molecule has 100 valence electrons. The van der Waals surface area contributed by atoms with Crippen LogP contribution in [0.3, 0.4) is 0 Å². The number of hydrogen-bond donors (Lipinski definition) is 0. The van der Waals surface area contributed by atoms with Gasteiger partial charge in [-0.1, -0.05) is 6.07 Å². The summed E-state index contributed by atoms with van der Waals surface area (Å²) in [6, 6.07) is 8.26. The minimum absolute atomic E-state index is 0.313. The molecule has 0 bridgehead atoms. The maximum absolute atomic E-state index is 10.6. The normalized spacial score (nSPS) is 12.2. The standard InChI is InChI=1S/C13H12ClNO4/c1-8-7-9(18-2)3-4-10(8)13(14)11-5-6-12(19-11)15(16)17/h3-7,13H,1-2H3. The van der Waals surface area contributed by atoms with Crippen LogP contribution >= 0.6 is 11.6 Å². The molecule has 0 spiro atoms. The number of halogens is 1. The molecule has 0 aliphatic heterocycles. The summed E-state index contributed by atoms with van der Waals surface area (Å²) < 4.78 is 10.2. The van der Waals surface area contributed by atoms with Crippen LogP contribution in [0.2, 0.25) is 0 Å². The molecule has 0 amide bonds. The van der Waals surface area contributed by atoms with Gasteiger partial charge < -0.3 is 9.15 Å². The molecular weight excluding hydrogens is 270 g/mol. The summed E-state index contributed by atoms with van der Waals surface area (Å²) in [5, 5.41) is 10.0. The summed E-state index contributed by atoms with van der Waals surface area (Å²) in [4.78, 5) is 9.99. The molecule has 0 saturated carbocycles. The first kappa shape index (κ1) is 13.4. The second-order valence-corrected chi connectivity index (χ2v) is 4.45. The van der Waals surface area contributed by atoms with Crippen LogP contribution in [-0.2, 0) is 0 Å². The second-order valence-electron chi connectivity index (χ2n) is 4.02. The van der Waals surface area contributed by atoms with Crippen molar-refractivity contribution in [1.82, 2.24) is 0 Å². The zero-order valence-electron chi connectivity index (χ0n) is 10.4. The Morgan fingerprint density at radius 1 is 1.37 bits per heavy atom. The van der Waals surface area contributed by atoms with Crippen molar-refractivity contribution in [3.63, 3.8) is 0 Å². The van der Waals surface area contributed by atoms with Gasteiger partial charge in [-0.25, -0.2) is 0 Å². The van der Waals surface area contributed by atoms with Crippen molar-refractivity contribution in [3.8, 4) is 5.75 Å². The van der Waals surface area contributed by atoms with Gasteiger partial charge >= 0.3 is 5.88 Å². The lowest BCUT2D eigenvalue weighted by Crippen LogP contribution is -1.96. The van der Waals surface area contributed by atoms with Gasteiger partial charge in [0.2, 0.25) is 0 Å². The van der Waals surface area contributed by atoms with Crippen molar-refractivity contribution in [2.45, 2.75) is 12.3 Å². The van der Waals surface area contributed by atoms with E-state index in [0.29, 0.717) is 5.76 Å². The lowest BCUT2D eigenvalue weighted by molar-refractivity contribution is -0.402. The van der Waals surface area contributed by atoms with Crippen LogP contribution in [0.1, 0.15) is 22.3 Å². The third-order valence-corrected chi connectivity index (χ3v) is 3.24. The molecule has 0 radical (unpaired) electrons.